The Balaban J connectivity index is 1.94. The highest BCUT2D eigenvalue weighted by atomic mass is 19.1. The summed E-state index contributed by atoms with van der Waals surface area (Å²) in [7, 11) is 0. The first kappa shape index (κ1) is 12.2. The topological polar surface area (TPSA) is 78.4 Å². The van der Waals surface area contributed by atoms with Crippen LogP contribution in [0, 0.1) is 17.1 Å². The Morgan fingerprint density at radius 2 is 1.81 bits per heavy atom. The summed E-state index contributed by atoms with van der Waals surface area (Å²) in [6, 6.07) is 5.60. The summed E-state index contributed by atoms with van der Waals surface area (Å²) in [5.41, 5.74) is 1.41. The number of ether oxygens (including phenoxy) is 1. The molecule has 0 spiro atoms. The van der Waals surface area contributed by atoms with Gasteiger partial charge in [0.05, 0.1) is 34.6 Å². The Labute approximate surface area is 119 Å². The minimum Gasteiger partial charge on any atom is -0.494 e. The van der Waals surface area contributed by atoms with Gasteiger partial charge in [0.25, 0.3) is 0 Å². The van der Waals surface area contributed by atoms with E-state index in [4.69, 9.17) is 10.00 Å². The Kier molecular flexibility index (Phi) is 2.33. The summed E-state index contributed by atoms with van der Waals surface area (Å²) in [5, 5.41) is 29.7. The molecule has 1 saturated heterocycles. The van der Waals surface area contributed by atoms with E-state index in [2.05, 4.69) is 0 Å². The summed E-state index contributed by atoms with van der Waals surface area (Å²) in [4.78, 5) is 0. The molecule has 2 aliphatic heterocycles. The second-order valence-corrected chi connectivity index (χ2v) is 5.28. The van der Waals surface area contributed by atoms with Crippen LogP contribution in [-0.4, -0.2) is 14.8 Å². The lowest BCUT2D eigenvalue weighted by Crippen LogP contribution is -1.97. The lowest BCUT2D eigenvalue weighted by molar-refractivity contribution is 0.0683. The van der Waals surface area contributed by atoms with Crippen molar-refractivity contribution in [3.8, 4) is 23.5 Å². The van der Waals surface area contributed by atoms with E-state index in [1.165, 1.54) is 16.7 Å². The maximum absolute atomic E-state index is 13.4. The molecule has 6 heteroatoms. The van der Waals surface area contributed by atoms with Crippen LogP contribution < -0.4 is 0 Å². The van der Waals surface area contributed by atoms with Gasteiger partial charge in [-0.25, -0.2) is 4.39 Å². The molecule has 4 rings (SSSR count). The van der Waals surface area contributed by atoms with Crippen molar-refractivity contribution in [2.24, 2.45) is 0 Å². The van der Waals surface area contributed by atoms with Gasteiger partial charge >= 0.3 is 0 Å². The SMILES string of the molecule is N#Cc1cc(-n2c(O)c3c(c2O)[C@H]2CC[C@@H]3O2)ccc1F. The molecule has 1 fully saturated rings. The maximum atomic E-state index is 13.4. The fraction of sp³-hybridized carbons (Fsp3) is 0.267. The van der Waals surface area contributed by atoms with E-state index in [1.807, 2.05) is 0 Å². The minimum absolute atomic E-state index is 0.106. The second-order valence-electron chi connectivity index (χ2n) is 5.28. The van der Waals surface area contributed by atoms with Crippen LogP contribution in [0.3, 0.4) is 0 Å². The highest BCUT2D eigenvalue weighted by Gasteiger charge is 2.45. The van der Waals surface area contributed by atoms with Gasteiger partial charge in [-0.15, -0.1) is 0 Å². The largest absolute Gasteiger partial charge is 0.494 e. The molecule has 0 aliphatic carbocycles. The average molecular weight is 286 g/mol. The second kappa shape index (κ2) is 3.99. The van der Waals surface area contributed by atoms with E-state index in [0.717, 1.165) is 18.9 Å². The third kappa shape index (κ3) is 1.46. The summed E-state index contributed by atoms with van der Waals surface area (Å²) in [6.45, 7) is 0. The third-order valence-corrected chi connectivity index (χ3v) is 4.19. The van der Waals surface area contributed by atoms with Crippen LogP contribution in [0.2, 0.25) is 0 Å². The highest BCUT2D eigenvalue weighted by Crippen LogP contribution is 2.58. The zero-order chi connectivity index (χ0) is 14.7. The molecule has 0 amide bonds. The van der Waals surface area contributed by atoms with Crippen molar-refractivity contribution >= 4 is 0 Å². The van der Waals surface area contributed by atoms with Gasteiger partial charge in [-0.2, -0.15) is 5.26 Å². The van der Waals surface area contributed by atoms with Crippen molar-refractivity contribution in [2.75, 3.05) is 0 Å². The summed E-state index contributed by atoms with van der Waals surface area (Å²) >= 11 is 0. The van der Waals surface area contributed by atoms with Crippen molar-refractivity contribution in [1.82, 2.24) is 4.57 Å². The van der Waals surface area contributed by atoms with Crippen molar-refractivity contribution in [2.45, 2.75) is 25.0 Å². The van der Waals surface area contributed by atoms with Crippen LogP contribution in [-0.2, 0) is 4.74 Å². The van der Waals surface area contributed by atoms with Gasteiger partial charge in [-0.3, -0.25) is 4.57 Å². The third-order valence-electron chi connectivity index (χ3n) is 4.19. The summed E-state index contributed by atoms with van der Waals surface area (Å²) in [6.07, 6.45) is 1.21. The molecule has 2 bridgehead atoms. The smallest absolute Gasteiger partial charge is 0.205 e. The zero-order valence-corrected chi connectivity index (χ0v) is 10.9. The van der Waals surface area contributed by atoms with Crippen LogP contribution in [0.4, 0.5) is 4.39 Å². The quantitative estimate of drug-likeness (QED) is 0.845. The molecule has 2 atom stereocenters. The normalized spacial score (nSPS) is 22.3. The fourth-order valence-electron chi connectivity index (χ4n) is 3.26. The van der Waals surface area contributed by atoms with Crippen molar-refractivity contribution < 1.29 is 19.3 Å². The molecule has 3 heterocycles. The Hall–Kier alpha value is -2.52. The first-order valence-corrected chi connectivity index (χ1v) is 6.63. The van der Waals surface area contributed by atoms with Crippen LogP contribution in [0.25, 0.3) is 5.69 Å². The molecule has 1 aromatic heterocycles. The molecule has 106 valence electrons. The number of aromatic hydroxyl groups is 2. The molecule has 0 radical (unpaired) electrons. The zero-order valence-electron chi connectivity index (χ0n) is 10.9. The highest BCUT2D eigenvalue weighted by molar-refractivity contribution is 5.58. The van der Waals surface area contributed by atoms with E-state index < -0.39 is 5.82 Å². The predicted octanol–water partition coefficient (Wildman–Crippen LogP) is 2.81. The molecule has 0 saturated carbocycles. The average Bonchev–Trinajstić information content (AvgIpc) is 3.14. The maximum Gasteiger partial charge on any atom is 0.205 e. The number of aromatic nitrogens is 1. The number of nitrogens with zero attached hydrogens (tertiary/aromatic N) is 2. The van der Waals surface area contributed by atoms with E-state index in [9.17, 15) is 14.6 Å². The minimum atomic E-state index is -0.636. The van der Waals surface area contributed by atoms with Crippen LogP contribution >= 0.6 is 0 Å². The molecule has 2 aliphatic rings. The van der Waals surface area contributed by atoms with Crippen LogP contribution in [0.5, 0.6) is 11.8 Å². The van der Waals surface area contributed by atoms with Gasteiger partial charge in [0.15, 0.2) is 0 Å². The van der Waals surface area contributed by atoms with Gasteiger partial charge in [0.2, 0.25) is 11.8 Å². The molecule has 2 aromatic rings. The Bertz CT molecular complexity index is 773. The van der Waals surface area contributed by atoms with Gasteiger partial charge < -0.3 is 14.9 Å². The predicted molar refractivity (Wildman–Crippen MR) is 69.6 cm³/mol. The number of halogens is 1. The summed E-state index contributed by atoms with van der Waals surface area (Å²) in [5.74, 6) is -0.848. The molecular formula is C15H11FN2O3. The van der Waals surface area contributed by atoms with Gasteiger partial charge in [0.1, 0.15) is 11.9 Å². The first-order valence-electron chi connectivity index (χ1n) is 6.63. The molecule has 21 heavy (non-hydrogen) atoms. The summed E-state index contributed by atoms with van der Waals surface area (Å²) < 4.78 is 20.3. The van der Waals surface area contributed by atoms with E-state index in [1.54, 1.807) is 6.07 Å². The van der Waals surface area contributed by atoms with Crippen molar-refractivity contribution in [3.05, 3.63) is 40.7 Å². The number of hydrogen-bond acceptors (Lipinski definition) is 4. The van der Waals surface area contributed by atoms with Crippen molar-refractivity contribution in [1.29, 1.82) is 5.26 Å². The van der Waals surface area contributed by atoms with E-state index >= 15 is 0 Å². The van der Waals surface area contributed by atoms with E-state index in [-0.39, 0.29) is 29.5 Å². The standard InChI is InChI=1S/C15H11FN2O3/c16-9-2-1-8(5-7(9)6-17)18-14(19)12-10-3-4-11(21-10)13(12)15(18)20/h1-2,5,10-11,19-20H,3-4H2/t10-,11+. The Morgan fingerprint density at radius 1 is 1.19 bits per heavy atom. The molecule has 5 nitrogen and oxygen atoms in total. The van der Waals surface area contributed by atoms with Crippen LogP contribution in [0.15, 0.2) is 18.2 Å². The molecule has 0 unspecified atom stereocenters. The monoisotopic (exact) mass is 286 g/mol. The number of rotatable bonds is 1. The van der Waals surface area contributed by atoms with E-state index in [0.29, 0.717) is 16.8 Å². The van der Waals surface area contributed by atoms with Crippen molar-refractivity contribution in [3.63, 3.8) is 0 Å². The number of fused-ring (bicyclic) bond motifs is 5. The lowest BCUT2D eigenvalue weighted by atomic mass is 9.95. The lowest BCUT2D eigenvalue weighted by Gasteiger charge is -2.10. The number of hydrogen-bond donors (Lipinski definition) is 2. The van der Waals surface area contributed by atoms with Gasteiger partial charge in [-0.1, -0.05) is 0 Å². The van der Waals surface area contributed by atoms with Gasteiger partial charge in [0, 0.05) is 0 Å². The Morgan fingerprint density at radius 3 is 2.38 bits per heavy atom. The van der Waals surface area contributed by atoms with Gasteiger partial charge in [-0.05, 0) is 31.0 Å². The van der Waals surface area contributed by atoms with Crippen LogP contribution in [0.1, 0.15) is 41.7 Å². The fourth-order valence-corrected chi connectivity index (χ4v) is 3.26. The number of benzene rings is 1. The first-order chi connectivity index (χ1) is 10.1. The number of nitriles is 1. The molecular weight excluding hydrogens is 275 g/mol. The molecule has 1 aromatic carbocycles. The molecule has 2 N–H and O–H groups in total.